The molecule has 0 unspecified atom stereocenters. The molecule has 1 fully saturated rings. The Kier molecular flexibility index (Phi) is 5.09. The van der Waals surface area contributed by atoms with Crippen LogP contribution in [-0.2, 0) is 4.79 Å². The van der Waals surface area contributed by atoms with Crippen LogP contribution in [0.4, 0.5) is 5.69 Å². The molecular weight excluding hydrogens is 428 g/mol. The number of amides is 1. The Morgan fingerprint density at radius 1 is 1.22 bits per heavy atom. The number of hydrogen-bond donors (Lipinski definition) is 2. The Labute approximate surface area is 131 Å². The Hall–Kier alpha value is -0.0700. The number of carbonyl (C=O) groups excluding carboxylic acids is 1. The van der Waals surface area contributed by atoms with Crippen molar-refractivity contribution < 1.29 is 4.79 Å². The van der Waals surface area contributed by atoms with Crippen molar-refractivity contribution >= 4 is 59.4 Å². The highest BCUT2D eigenvalue weighted by molar-refractivity contribution is 9.11. The molecule has 0 spiro atoms. The van der Waals surface area contributed by atoms with Crippen molar-refractivity contribution in [1.82, 2.24) is 5.32 Å². The van der Waals surface area contributed by atoms with Crippen molar-refractivity contribution in [2.75, 3.05) is 11.9 Å². The van der Waals surface area contributed by atoms with Crippen LogP contribution in [0.5, 0.6) is 0 Å². The van der Waals surface area contributed by atoms with E-state index in [0.29, 0.717) is 19.0 Å². The summed E-state index contributed by atoms with van der Waals surface area (Å²) in [5.74, 6) is 0.120. The normalized spacial score (nSPS) is 14.4. The average Bonchev–Trinajstić information content (AvgIpc) is 3.05. The third-order valence-corrected chi connectivity index (χ3v) is 4.31. The highest BCUT2D eigenvalue weighted by atomic mass is 79.9. The van der Waals surface area contributed by atoms with E-state index in [4.69, 9.17) is 0 Å². The van der Waals surface area contributed by atoms with Crippen LogP contribution in [0, 0.1) is 0 Å². The minimum atomic E-state index is 0.120. The summed E-state index contributed by atoms with van der Waals surface area (Å²) in [6.45, 7) is 0.622. The zero-order valence-corrected chi connectivity index (χ0v) is 14.4. The van der Waals surface area contributed by atoms with E-state index in [0.717, 1.165) is 31.9 Å². The Bertz CT molecular complexity index is 438. The van der Waals surface area contributed by atoms with Gasteiger partial charge in [0.15, 0.2) is 0 Å². The third kappa shape index (κ3) is 4.24. The standard InChI is InChI=1S/C12H13Br3N2O/c13-7-5-9(14)12(10(15)6-7)16-4-3-11(18)17-8-1-2-8/h5-6,8,16H,1-4H2,(H,17,18). The van der Waals surface area contributed by atoms with E-state index in [1.54, 1.807) is 0 Å². The fourth-order valence-corrected chi connectivity index (χ4v) is 4.08. The molecule has 0 aliphatic heterocycles. The molecule has 1 aromatic rings. The van der Waals surface area contributed by atoms with Gasteiger partial charge in [-0.15, -0.1) is 0 Å². The quantitative estimate of drug-likeness (QED) is 0.725. The van der Waals surface area contributed by atoms with E-state index in [1.807, 2.05) is 12.1 Å². The van der Waals surface area contributed by atoms with Crippen LogP contribution >= 0.6 is 47.8 Å². The molecule has 0 radical (unpaired) electrons. The number of halogens is 3. The molecule has 2 rings (SSSR count). The maximum atomic E-state index is 11.5. The van der Waals surface area contributed by atoms with Crippen LogP contribution in [0.15, 0.2) is 25.6 Å². The summed E-state index contributed by atoms with van der Waals surface area (Å²) in [5, 5.41) is 6.23. The summed E-state index contributed by atoms with van der Waals surface area (Å²) >= 11 is 10.4. The van der Waals surface area contributed by atoms with Crippen molar-refractivity contribution in [3.8, 4) is 0 Å². The van der Waals surface area contributed by atoms with E-state index in [9.17, 15) is 4.79 Å². The Balaban J connectivity index is 1.84. The molecular formula is C12H13Br3N2O. The number of carbonyl (C=O) groups is 1. The predicted molar refractivity (Wildman–Crippen MR) is 83.8 cm³/mol. The van der Waals surface area contributed by atoms with Gasteiger partial charge in [0.25, 0.3) is 0 Å². The van der Waals surface area contributed by atoms with Crippen LogP contribution in [0.3, 0.4) is 0 Å². The summed E-state index contributed by atoms with van der Waals surface area (Å²) < 4.78 is 2.93. The van der Waals surface area contributed by atoms with Gasteiger partial charge in [0.2, 0.25) is 5.91 Å². The van der Waals surface area contributed by atoms with Crippen molar-refractivity contribution in [2.45, 2.75) is 25.3 Å². The molecule has 1 amide bonds. The van der Waals surface area contributed by atoms with Crippen LogP contribution in [0.2, 0.25) is 0 Å². The molecule has 0 bridgehead atoms. The molecule has 0 atom stereocenters. The first-order chi connectivity index (χ1) is 8.56. The van der Waals surface area contributed by atoms with Crippen molar-refractivity contribution in [3.05, 3.63) is 25.6 Å². The first kappa shape index (κ1) is 14.3. The molecule has 1 saturated carbocycles. The molecule has 1 aliphatic rings. The SMILES string of the molecule is O=C(CCNc1c(Br)cc(Br)cc1Br)NC1CC1. The highest BCUT2D eigenvalue weighted by Gasteiger charge is 2.22. The van der Waals surface area contributed by atoms with Gasteiger partial charge in [-0.1, -0.05) is 15.9 Å². The lowest BCUT2D eigenvalue weighted by Crippen LogP contribution is -2.27. The minimum Gasteiger partial charge on any atom is -0.383 e. The van der Waals surface area contributed by atoms with Crippen LogP contribution in [-0.4, -0.2) is 18.5 Å². The zero-order valence-electron chi connectivity index (χ0n) is 9.60. The molecule has 0 saturated heterocycles. The Morgan fingerprint density at radius 2 is 1.83 bits per heavy atom. The smallest absolute Gasteiger partial charge is 0.221 e. The van der Waals surface area contributed by atoms with E-state index in [-0.39, 0.29) is 5.91 Å². The maximum Gasteiger partial charge on any atom is 0.221 e. The second kappa shape index (κ2) is 6.39. The van der Waals surface area contributed by atoms with Gasteiger partial charge in [0, 0.05) is 32.4 Å². The highest BCUT2D eigenvalue weighted by Crippen LogP contribution is 2.34. The first-order valence-electron chi connectivity index (χ1n) is 5.74. The van der Waals surface area contributed by atoms with E-state index >= 15 is 0 Å². The summed E-state index contributed by atoms with van der Waals surface area (Å²) in [6, 6.07) is 4.37. The van der Waals surface area contributed by atoms with Gasteiger partial charge in [-0.3, -0.25) is 4.79 Å². The predicted octanol–water partition coefficient (Wildman–Crippen LogP) is 4.05. The van der Waals surface area contributed by atoms with E-state index < -0.39 is 0 Å². The second-order valence-corrected chi connectivity index (χ2v) is 6.89. The first-order valence-corrected chi connectivity index (χ1v) is 8.12. The molecule has 1 aliphatic carbocycles. The van der Waals surface area contributed by atoms with Crippen molar-refractivity contribution in [2.24, 2.45) is 0 Å². The fourth-order valence-electron chi connectivity index (χ4n) is 1.54. The van der Waals surface area contributed by atoms with E-state index in [2.05, 4.69) is 58.4 Å². The molecule has 3 nitrogen and oxygen atoms in total. The van der Waals surface area contributed by atoms with Gasteiger partial charge >= 0.3 is 0 Å². The van der Waals surface area contributed by atoms with Gasteiger partial charge in [0.1, 0.15) is 0 Å². The number of nitrogens with one attached hydrogen (secondary N) is 2. The average molecular weight is 441 g/mol. The van der Waals surface area contributed by atoms with E-state index in [1.165, 1.54) is 0 Å². The lowest BCUT2D eigenvalue weighted by Gasteiger charge is -2.11. The zero-order chi connectivity index (χ0) is 13.1. The third-order valence-electron chi connectivity index (χ3n) is 2.60. The molecule has 2 N–H and O–H groups in total. The number of benzene rings is 1. The summed E-state index contributed by atoms with van der Waals surface area (Å²) in [5.41, 5.74) is 0.970. The molecule has 98 valence electrons. The molecule has 0 aromatic heterocycles. The topological polar surface area (TPSA) is 41.1 Å². The molecule has 18 heavy (non-hydrogen) atoms. The fraction of sp³-hybridized carbons (Fsp3) is 0.417. The number of anilines is 1. The Morgan fingerprint density at radius 3 is 2.39 bits per heavy atom. The molecule has 1 aromatic carbocycles. The van der Waals surface area contributed by atoms with Crippen molar-refractivity contribution in [1.29, 1.82) is 0 Å². The summed E-state index contributed by atoms with van der Waals surface area (Å²) in [4.78, 5) is 11.5. The number of rotatable bonds is 5. The summed E-state index contributed by atoms with van der Waals surface area (Å²) in [7, 11) is 0. The van der Waals surface area contributed by atoms with Gasteiger partial charge in [-0.05, 0) is 56.8 Å². The van der Waals surface area contributed by atoms with Crippen LogP contribution < -0.4 is 10.6 Å². The van der Waals surface area contributed by atoms with Crippen LogP contribution in [0.1, 0.15) is 19.3 Å². The summed E-state index contributed by atoms with van der Waals surface area (Å²) in [6.07, 6.45) is 2.75. The van der Waals surface area contributed by atoms with Crippen LogP contribution in [0.25, 0.3) is 0 Å². The van der Waals surface area contributed by atoms with Gasteiger partial charge in [-0.2, -0.15) is 0 Å². The second-order valence-electron chi connectivity index (χ2n) is 4.26. The van der Waals surface area contributed by atoms with Gasteiger partial charge < -0.3 is 10.6 Å². The molecule has 0 heterocycles. The van der Waals surface area contributed by atoms with Gasteiger partial charge in [-0.25, -0.2) is 0 Å². The molecule has 6 heteroatoms. The van der Waals surface area contributed by atoms with Crippen molar-refractivity contribution in [3.63, 3.8) is 0 Å². The maximum absolute atomic E-state index is 11.5. The van der Waals surface area contributed by atoms with Gasteiger partial charge in [0.05, 0.1) is 5.69 Å². The monoisotopic (exact) mass is 438 g/mol. The lowest BCUT2D eigenvalue weighted by atomic mass is 10.3. The largest absolute Gasteiger partial charge is 0.383 e. The number of hydrogen-bond acceptors (Lipinski definition) is 2. The minimum absolute atomic E-state index is 0.120. The lowest BCUT2D eigenvalue weighted by molar-refractivity contribution is -0.120.